The molecule has 19 heavy (non-hydrogen) atoms. The molecule has 0 amide bonds. The third-order valence-corrected chi connectivity index (χ3v) is 3.75. The summed E-state index contributed by atoms with van der Waals surface area (Å²) in [5, 5.41) is 7.35. The van der Waals surface area contributed by atoms with Gasteiger partial charge in [0.1, 0.15) is 5.82 Å². The van der Waals surface area contributed by atoms with Gasteiger partial charge in [-0.15, -0.1) is 5.10 Å². The Kier molecular flexibility index (Phi) is 4.04. The average Bonchev–Trinajstić information content (AvgIpc) is 2.92. The van der Waals surface area contributed by atoms with E-state index in [9.17, 15) is 8.42 Å². The first kappa shape index (κ1) is 13.4. The smallest absolute Gasteiger partial charge is 0.240 e. The van der Waals surface area contributed by atoms with Crippen LogP contribution in [0, 0.1) is 0 Å². The molecule has 2 aromatic rings. The van der Waals surface area contributed by atoms with Gasteiger partial charge in [0.15, 0.2) is 0 Å². The van der Waals surface area contributed by atoms with E-state index in [0.29, 0.717) is 6.54 Å². The van der Waals surface area contributed by atoms with Crippen molar-refractivity contribution in [3.8, 4) is 0 Å². The summed E-state index contributed by atoms with van der Waals surface area (Å²) < 4.78 is 27.9. The minimum atomic E-state index is -3.59. The van der Waals surface area contributed by atoms with E-state index >= 15 is 0 Å². The van der Waals surface area contributed by atoms with E-state index in [1.54, 1.807) is 6.20 Å². The molecule has 4 N–H and O–H groups in total. The highest BCUT2D eigenvalue weighted by molar-refractivity contribution is 7.89. The van der Waals surface area contributed by atoms with Gasteiger partial charge in [-0.2, -0.15) is 0 Å². The molecule has 102 valence electrons. The van der Waals surface area contributed by atoms with Crippen molar-refractivity contribution in [1.82, 2.24) is 24.7 Å². The zero-order valence-electron chi connectivity index (χ0n) is 9.89. The lowest BCUT2D eigenvalue weighted by molar-refractivity contribution is 0.553. The number of pyridine rings is 1. The highest BCUT2D eigenvalue weighted by Gasteiger charge is 2.14. The van der Waals surface area contributed by atoms with Crippen molar-refractivity contribution in [2.75, 3.05) is 12.0 Å². The molecule has 0 aliphatic heterocycles. The first-order valence-corrected chi connectivity index (χ1v) is 6.86. The minimum Gasteiger partial charge on any atom is -0.308 e. The fraction of sp³-hybridized carbons (Fsp3) is 0.222. The van der Waals surface area contributed by atoms with E-state index < -0.39 is 10.0 Å². The van der Waals surface area contributed by atoms with Crippen LogP contribution in [0.5, 0.6) is 0 Å². The molecule has 0 aromatic carbocycles. The molecule has 2 heterocycles. The Morgan fingerprint density at radius 3 is 2.89 bits per heavy atom. The van der Waals surface area contributed by atoms with Crippen LogP contribution in [-0.2, 0) is 16.6 Å². The Balaban J connectivity index is 2.01. The van der Waals surface area contributed by atoms with Gasteiger partial charge >= 0.3 is 0 Å². The van der Waals surface area contributed by atoms with Gasteiger partial charge in [0, 0.05) is 25.0 Å². The van der Waals surface area contributed by atoms with Gasteiger partial charge in [-0.05, 0) is 6.07 Å². The number of nitrogens with zero attached hydrogens (tertiary/aromatic N) is 4. The van der Waals surface area contributed by atoms with Crippen LogP contribution in [0.4, 0.5) is 5.82 Å². The quantitative estimate of drug-likeness (QED) is 0.455. The topological polar surface area (TPSA) is 128 Å². The van der Waals surface area contributed by atoms with E-state index in [-0.39, 0.29) is 17.3 Å². The number of nitrogen functional groups attached to an aromatic ring is 1. The van der Waals surface area contributed by atoms with Crippen LogP contribution in [0.25, 0.3) is 0 Å². The fourth-order valence-electron chi connectivity index (χ4n) is 1.39. The zero-order chi connectivity index (χ0) is 13.7. The highest BCUT2D eigenvalue weighted by atomic mass is 32.2. The molecule has 0 bridgehead atoms. The van der Waals surface area contributed by atoms with Crippen LogP contribution in [0.15, 0.2) is 35.6 Å². The lowest BCUT2D eigenvalue weighted by Crippen LogP contribution is -2.27. The van der Waals surface area contributed by atoms with Gasteiger partial charge in [-0.25, -0.2) is 24.0 Å². The normalized spacial score (nSPS) is 11.4. The Labute approximate surface area is 109 Å². The highest BCUT2D eigenvalue weighted by Crippen LogP contribution is 2.11. The summed E-state index contributed by atoms with van der Waals surface area (Å²) in [6.45, 7) is 0.603. The Bertz CT molecular complexity index is 626. The first-order valence-electron chi connectivity index (χ1n) is 5.38. The molecule has 0 atom stereocenters. The lowest BCUT2D eigenvalue weighted by atomic mass is 10.5. The number of aromatic nitrogens is 4. The van der Waals surface area contributed by atoms with Crippen molar-refractivity contribution in [3.63, 3.8) is 0 Å². The molecule has 0 saturated carbocycles. The molecular weight excluding hydrogens is 270 g/mol. The van der Waals surface area contributed by atoms with Crippen molar-refractivity contribution >= 4 is 15.8 Å². The molecule has 0 fully saturated rings. The molecule has 9 nitrogen and oxygen atoms in total. The largest absolute Gasteiger partial charge is 0.308 e. The Hall–Kier alpha value is -2.04. The molecule has 0 saturated heterocycles. The molecule has 2 rings (SSSR count). The van der Waals surface area contributed by atoms with Gasteiger partial charge in [0.05, 0.1) is 17.6 Å². The predicted octanol–water partition coefficient (Wildman–Crippen LogP) is -1.06. The van der Waals surface area contributed by atoms with Crippen molar-refractivity contribution in [2.45, 2.75) is 11.4 Å². The summed E-state index contributed by atoms with van der Waals surface area (Å²) in [6, 6.07) is 2.73. The molecule has 0 radical (unpaired) electrons. The lowest BCUT2D eigenvalue weighted by Gasteiger charge is -2.07. The average molecular weight is 283 g/mol. The zero-order valence-corrected chi connectivity index (χ0v) is 10.7. The van der Waals surface area contributed by atoms with Crippen LogP contribution in [0.2, 0.25) is 0 Å². The van der Waals surface area contributed by atoms with Gasteiger partial charge in [-0.3, -0.25) is 4.68 Å². The predicted molar refractivity (Wildman–Crippen MR) is 67.3 cm³/mol. The molecule has 0 aliphatic carbocycles. The van der Waals surface area contributed by atoms with E-state index in [1.807, 2.05) is 0 Å². The summed E-state index contributed by atoms with van der Waals surface area (Å²) in [7, 11) is -3.59. The maximum Gasteiger partial charge on any atom is 0.240 e. The Morgan fingerprint density at radius 2 is 2.21 bits per heavy atom. The van der Waals surface area contributed by atoms with Gasteiger partial charge < -0.3 is 5.43 Å². The maximum atomic E-state index is 12.0. The van der Waals surface area contributed by atoms with Crippen LogP contribution in [0.1, 0.15) is 0 Å². The van der Waals surface area contributed by atoms with Crippen molar-refractivity contribution < 1.29 is 8.42 Å². The molecule has 2 aromatic heterocycles. The number of hydrogen-bond donors (Lipinski definition) is 3. The molecule has 0 spiro atoms. The number of hydrogen-bond acceptors (Lipinski definition) is 7. The summed E-state index contributed by atoms with van der Waals surface area (Å²) in [5.41, 5.74) is 2.29. The molecule has 10 heteroatoms. The summed E-state index contributed by atoms with van der Waals surface area (Å²) in [6.07, 6.45) is 4.54. The second-order valence-electron chi connectivity index (χ2n) is 3.59. The number of nitrogens with two attached hydrogens (primary N) is 1. The van der Waals surface area contributed by atoms with E-state index in [4.69, 9.17) is 5.84 Å². The van der Waals surface area contributed by atoms with Crippen molar-refractivity contribution in [1.29, 1.82) is 0 Å². The third-order valence-electron chi connectivity index (χ3n) is 2.29. The van der Waals surface area contributed by atoms with Crippen LogP contribution in [0.3, 0.4) is 0 Å². The van der Waals surface area contributed by atoms with E-state index in [1.165, 1.54) is 29.2 Å². The second kappa shape index (κ2) is 5.73. The van der Waals surface area contributed by atoms with Gasteiger partial charge in [0.25, 0.3) is 0 Å². The number of nitrogens with one attached hydrogen (secondary N) is 2. The van der Waals surface area contributed by atoms with Crippen LogP contribution < -0.4 is 16.0 Å². The van der Waals surface area contributed by atoms with Crippen molar-refractivity contribution in [2.24, 2.45) is 5.84 Å². The Morgan fingerprint density at radius 1 is 1.37 bits per heavy atom. The standard InChI is InChI=1S/C9H13N7O2S/c10-14-9-7-8(1-2-11-9)19(17,18)13-4-6-16-5-3-12-15-16/h1-3,5,7,13H,4,6,10H2,(H,11,14). The van der Waals surface area contributed by atoms with Crippen LogP contribution >= 0.6 is 0 Å². The molecule has 0 unspecified atom stereocenters. The van der Waals surface area contributed by atoms with Crippen molar-refractivity contribution in [3.05, 3.63) is 30.7 Å². The number of hydrazine groups is 1. The minimum absolute atomic E-state index is 0.0917. The fourth-order valence-corrected chi connectivity index (χ4v) is 2.42. The van der Waals surface area contributed by atoms with Crippen LogP contribution in [-0.4, -0.2) is 34.9 Å². The van der Waals surface area contributed by atoms with E-state index in [0.717, 1.165) is 0 Å². The number of anilines is 1. The summed E-state index contributed by atoms with van der Waals surface area (Å²) in [5.74, 6) is 5.46. The first-order chi connectivity index (χ1) is 9.12. The molecule has 0 aliphatic rings. The van der Waals surface area contributed by atoms with E-state index in [2.05, 4.69) is 25.4 Å². The summed E-state index contributed by atoms with van der Waals surface area (Å²) >= 11 is 0. The second-order valence-corrected chi connectivity index (χ2v) is 5.35. The monoisotopic (exact) mass is 283 g/mol. The van der Waals surface area contributed by atoms with Gasteiger partial charge in [-0.1, -0.05) is 5.21 Å². The summed E-state index contributed by atoms with van der Waals surface area (Å²) in [4.78, 5) is 3.93. The molecular formula is C9H13N7O2S. The SMILES string of the molecule is NNc1cc(S(=O)(=O)NCCn2ccnn2)ccn1. The third kappa shape index (κ3) is 3.47. The number of sulfonamides is 1. The van der Waals surface area contributed by atoms with Gasteiger partial charge in [0.2, 0.25) is 10.0 Å². The number of rotatable bonds is 6. The maximum absolute atomic E-state index is 12.0.